The average molecular weight is 265 g/mol. The van der Waals surface area contributed by atoms with Crippen LogP contribution >= 0.6 is 0 Å². The smallest absolute Gasteiger partial charge is 0.264 e. The lowest BCUT2D eigenvalue weighted by Crippen LogP contribution is -2.47. The Morgan fingerprint density at radius 1 is 1.53 bits per heavy atom. The van der Waals surface area contributed by atoms with Gasteiger partial charge in [-0.05, 0) is 18.9 Å². The van der Waals surface area contributed by atoms with Crippen LogP contribution in [0.2, 0.25) is 0 Å². The summed E-state index contributed by atoms with van der Waals surface area (Å²) < 4.78 is 37.4. The molecule has 0 aliphatic carbocycles. The van der Waals surface area contributed by atoms with E-state index >= 15 is 0 Å². The minimum atomic E-state index is -3.57. The lowest BCUT2D eigenvalue weighted by molar-refractivity contribution is -0.209. The summed E-state index contributed by atoms with van der Waals surface area (Å²) in [7, 11) is -2.15. The molecule has 0 N–H and O–H groups in total. The molecule has 0 radical (unpaired) electrons. The zero-order valence-electron chi connectivity index (χ0n) is 9.81. The number of nitrogens with zero attached hydrogens (tertiary/aromatic N) is 3. The Bertz CT molecular complexity index is 405. The minimum absolute atomic E-state index is 0.233. The van der Waals surface area contributed by atoms with Crippen LogP contribution in [0.15, 0.2) is 5.11 Å². The van der Waals surface area contributed by atoms with E-state index in [0.717, 1.165) is 6.26 Å². The highest BCUT2D eigenvalue weighted by atomic mass is 32.2. The normalized spacial score (nSPS) is 34.1. The molecule has 0 saturated carbocycles. The summed E-state index contributed by atoms with van der Waals surface area (Å²) in [5.41, 5.74) is 8.40. The Morgan fingerprint density at radius 2 is 2.18 bits per heavy atom. The molecule has 9 heteroatoms. The van der Waals surface area contributed by atoms with Gasteiger partial charge in [0, 0.05) is 12.0 Å². The Kier molecular flexibility index (Phi) is 4.72. The molecule has 0 aromatic heterocycles. The highest BCUT2D eigenvalue weighted by Crippen LogP contribution is 2.26. The zero-order chi connectivity index (χ0) is 13.1. The van der Waals surface area contributed by atoms with Crippen LogP contribution in [0.25, 0.3) is 10.4 Å². The van der Waals surface area contributed by atoms with Crippen molar-refractivity contribution >= 4 is 10.1 Å². The second-order valence-electron chi connectivity index (χ2n) is 3.79. The summed E-state index contributed by atoms with van der Waals surface area (Å²) >= 11 is 0. The third-order valence-electron chi connectivity index (χ3n) is 2.39. The molecule has 1 heterocycles. The van der Waals surface area contributed by atoms with Crippen molar-refractivity contribution in [3.05, 3.63) is 10.4 Å². The van der Waals surface area contributed by atoms with Crippen molar-refractivity contribution in [2.45, 2.75) is 37.9 Å². The number of ether oxygens (including phenoxy) is 2. The topological polar surface area (TPSA) is 111 Å². The molecule has 1 fully saturated rings. The maximum Gasteiger partial charge on any atom is 0.264 e. The molecule has 4 atom stereocenters. The van der Waals surface area contributed by atoms with E-state index in [-0.39, 0.29) is 6.42 Å². The maximum atomic E-state index is 11.0. The van der Waals surface area contributed by atoms with Gasteiger partial charge in [0.25, 0.3) is 10.1 Å². The second-order valence-corrected chi connectivity index (χ2v) is 5.39. The van der Waals surface area contributed by atoms with E-state index in [1.54, 1.807) is 6.92 Å². The van der Waals surface area contributed by atoms with Crippen molar-refractivity contribution in [1.82, 2.24) is 0 Å². The Hall–Kier alpha value is -0.860. The third kappa shape index (κ3) is 4.14. The molecule has 1 aliphatic rings. The number of hydrogen-bond acceptors (Lipinski definition) is 6. The molecule has 8 nitrogen and oxygen atoms in total. The Labute approximate surface area is 99.6 Å². The van der Waals surface area contributed by atoms with E-state index < -0.39 is 34.7 Å². The van der Waals surface area contributed by atoms with Gasteiger partial charge >= 0.3 is 0 Å². The quantitative estimate of drug-likeness (QED) is 0.323. The number of azide groups is 1. The van der Waals surface area contributed by atoms with Crippen molar-refractivity contribution in [2.75, 3.05) is 13.4 Å². The van der Waals surface area contributed by atoms with Crippen LogP contribution in [-0.4, -0.2) is 46.3 Å². The van der Waals surface area contributed by atoms with E-state index in [1.165, 1.54) is 7.11 Å². The van der Waals surface area contributed by atoms with Crippen molar-refractivity contribution in [3.63, 3.8) is 0 Å². The van der Waals surface area contributed by atoms with Gasteiger partial charge in [0.1, 0.15) is 6.10 Å². The predicted molar refractivity (Wildman–Crippen MR) is 58.6 cm³/mol. The molecule has 17 heavy (non-hydrogen) atoms. The van der Waals surface area contributed by atoms with Crippen LogP contribution in [0.3, 0.4) is 0 Å². The fraction of sp³-hybridized carbons (Fsp3) is 1.00. The van der Waals surface area contributed by atoms with Gasteiger partial charge in [-0.15, -0.1) is 0 Å². The second kappa shape index (κ2) is 5.65. The standard InChI is InChI=1S/C8H15N3O5S/c1-5-7(16-17(3,12)13)4-6(10-11-9)8(14-2)15-5/h5-8H,4H2,1-3H3/t5-,6-,7+,8-/m1/s1. The molecule has 0 amide bonds. The van der Waals surface area contributed by atoms with E-state index in [1.807, 2.05) is 0 Å². The summed E-state index contributed by atoms with van der Waals surface area (Å²) in [6.45, 7) is 1.67. The molecule has 0 spiro atoms. The molecular formula is C8H15N3O5S. The van der Waals surface area contributed by atoms with E-state index in [2.05, 4.69) is 10.0 Å². The molecule has 0 aromatic carbocycles. The van der Waals surface area contributed by atoms with Gasteiger partial charge in [0.2, 0.25) is 0 Å². The van der Waals surface area contributed by atoms with Crippen LogP contribution in [0.5, 0.6) is 0 Å². The molecular weight excluding hydrogens is 250 g/mol. The largest absolute Gasteiger partial charge is 0.355 e. The van der Waals surface area contributed by atoms with Crippen LogP contribution in [0.4, 0.5) is 0 Å². The lowest BCUT2D eigenvalue weighted by atomic mass is 10.0. The highest BCUT2D eigenvalue weighted by molar-refractivity contribution is 7.86. The van der Waals surface area contributed by atoms with Crippen molar-refractivity contribution in [3.8, 4) is 0 Å². The van der Waals surface area contributed by atoms with Crippen LogP contribution in [-0.2, 0) is 23.8 Å². The first kappa shape index (κ1) is 14.2. The Morgan fingerprint density at radius 3 is 2.65 bits per heavy atom. The molecule has 0 bridgehead atoms. The SMILES string of the molecule is CO[C@@H]1O[C@H](C)[C@@H](OS(C)(=O)=O)C[C@H]1N=[N+]=[N-]. The first-order valence-electron chi connectivity index (χ1n) is 4.98. The predicted octanol–water partition coefficient (Wildman–Crippen LogP) is 0.791. The molecule has 1 aliphatic heterocycles. The van der Waals surface area contributed by atoms with E-state index in [9.17, 15) is 8.42 Å². The fourth-order valence-electron chi connectivity index (χ4n) is 1.65. The number of hydrogen-bond donors (Lipinski definition) is 0. The van der Waals surface area contributed by atoms with Crippen molar-refractivity contribution < 1.29 is 22.1 Å². The lowest BCUT2D eigenvalue weighted by Gasteiger charge is -2.36. The summed E-state index contributed by atoms with van der Waals surface area (Å²) in [4.78, 5) is 2.67. The summed E-state index contributed by atoms with van der Waals surface area (Å²) in [5, 5.41) is 3.51. The average Bonchev–Trinajstić information content (AvgIpc) is 2.21. The van der Waals surface area contributed by atoms with Crippen molar-refractivity contribution in [1.29, 1.82) is 0 Å². The molecule has 98 valence electrons. The molecule has 1 rings (SSSR count). The van der Waals surface area contributed by atoms with Crippen molar-refractivity contribution in [2.24, 2.45) is 5.11 Å². The van der Waals surface area contributed by atoms with E-state index in [4.69, 9.17) is 19.2 Å². The third-order valence-corrected chi connectivity index (χ3v) is 2.99. The van der Waals surface area contributed by atoms with Crippen LogP contribution in [0, 0.1) is 0 Å². The summed E-state index contributed by atoms with van der Waals surface area (Å²) in [6, 6.07) is -0.604. The molecule has 0 aromatic rings. The first-order valence-corrected chi connectivity index (χ1v) is 6.79. The van der Waals surface area contributed by atoms with Gasteiger partial charge in [-0.3, -0.25) is 4.18 Å². The minimum Gasteiger partial charge on any atom is -0.355 e. The van der Waals surface area contributed by atoms with E-state index in [0.29, 0.717) is 0 Å². The molecule has 0 unspecified atom stereocenters. The first-order chi connectivity index (χ1) is 7.87. The Balaban J connectivity index is 2.79. The summed E-state index contributed by atoms with van der Waals surface area (Å²) in [5.74, 6) is 0. The zero-order valence-corrected chi connectivity index (χ0v) is 10.6. The van der Waals surface area contributed by atoms with Gasteiger partial charge in [0.15, 0.2) is 6.29 Å². The van der Waals surface area contributed by atoms with Crippen LogP contribution in [0.1, 0.15) is 13.3 Å². The fourth-order valence-corrected chi connectivity index (χ4v) is 2.34. The monoisotopic (exact) mass is 265 g/mol. The number of methoxy groups -OCH3 is 1. The molecule has 1 saturated heterocycles. The highest BCUT2D eigenvalue weighted by Gasteiger charge is 2.37. The van der Waals surface area contributed by atoms with Gasteiger partial charge in [-0.25, -0.2) is 0 Å². The maximum absolute atomic E-state index is 11.0. The summed E-state index contributed by atoms with van der Waals surface area (Å²) in [6.07, 6.45) is -0.617. The van der Waals surface area contributed by atoms with Gasteiger partial charge < -0.3 is 9.47 Å². The van der Waals surface area contributed by atoms with Gasteiger partial charge in [-0.2, -0.15) is 8.42 Å². The number of rotatable bonds is 4. The van der Waals surface area contributed by atoms with Crippen LogP contribution < -0.4 is 0 Å². The van der Waals surface area contributed by atoms with Gasteiger partial charge in [-0.1, -0.05) is 5.11 Å². The van der Waals surface area contributed by atoms with Gasteiger partial charge in [0.05, 0.1) is 18.4 Å².